The molecule has 0 spiro atoms. The van der Waals surface area contributed by atoms with Crippen LogP contribution in [0.3, 0.4) is 0 Å². The molecule has 148 valence electrons. The summed E-state index contributed by atoms with van der Waals surface area (Å²) in [5.41, 5.74) is 0.246. The molecule has 0 aromatic heterocycles. The molecular weight excluding hydrogens is 403 g/mol. The Hall–Kier alpha value is -2.33. The number of nitrogens with one attached hydrogen (secondary N) is 1. The molecule has 1 aromatic carbocycles. The van der Waals surface area contributed by atoms with Crippen molar-refractivity contribution >= 4 is 33.4 Å². The zero-order valence-electron chi connectivity index (χ0n) is 14.8. The van der Waals surface area contributed by atoms with Gasteiger partial charge in [-0.05, 0) is 19.1 Å². The van der Waals surface area contributed by atoms with Crippen molar-refractivity contribution in [3.8, 4) is 5.75 Å². The molecular formula is C16H18ClFN2O6S. The van der Waals surface area contributed by atoms with Crippen molar-refractivity contribution in [1.82, 2.24) is 5.32 Å². The van der Waals surface area contributed by atoms with Gasteiger partial charge in [0.2, 0.25) is 0 Å². The minimum absolute atomic E-state index is 0.0164. The average Bonchev–Trinajstić information content (AvgIpc) is 2.60. The van der Waals surface area contributed by atoms with Crippen molar-refractivity contribution in [3.05, 3.63) is 40.3 Å². The maximum atomic E-state index is 14.7. The second kappa shape index (κ2) is 8.57. The molecule has 27 heavy (non-hydrogen) atoms. The van der Waals surface area contributed by atoms with E-state index in [1.54, 1.807) is 6.92 Å². The van der Waals surface area contributed by atoms with Crippen LogP contribution < -0.4 is 10.1 Å². The highest BCUT2D eigenvalue weighted by atomic mass is 35.5. The quantitative estimate of drug-likeness (QED) is 0.556. The Morgan fingerprint density at radius 1 is 1.44 bits per heavy atom. The number of methoxy groups -OCH3 is 1. The fourth-order valence-electron chi connectivity index (χ4n) is 2.41. The molecule has 1 aromatic rings. The summed E-state index contributed by atoms with van der Waals surface area (Å²) in [5, 5.41) is 6.48. The maximum absolute atomic E-state index is 14.7. The van der Waals surface area contributed by atoms with Crippen molar-refractivity contribution < 1.29 is 31.4 Å². The Morgan fingerprint density at radius 3 is 2.74 bits per heavy atom. The highest BCUT2D eigenvalue weighted by Gasteiger charge is 2.29. The van der Waals surface area contributed by atoms with Crippen molar-refractivity contribution in [1.29, 1.82) is 0 Å². The van der Waals surface area contributed by atoms with Crippen molar-refractivity contribution in [2.24, 2.45) is 5.16 Å². The first-order valence-electron chi connectivity index (χ1n) is 7.79. The first kappa shape index (κ1) is 21.0. The molecule has 1 aliphatic rings. The largest absolute Gasteiger partial charge is 0.492 e. The molecule has 1 N–H and O–H groups in total. The molecule has 1 atom stereocenters. The number of oxime groups is 1. The molecule has 8 nitrogen and oxygen atoms in total. The Balaban J connectivity index is 2.44. The van der Waals surface area contributed by atoms with E-state index in [1.807, 2.05) is 0 Å². The van der Waals surface area contributed by atoms with Gasteiger partial charge in [0, 0.05) is 12.0 Å². The summed E-state index contributed by atoms with van der Waals surface area (Å²) in [7, 11) is -2.57. The maximum Gasteiger partial charge on any atom is 0.354 e. The minimum Gasteiger partial charge on any atom is -0.492 e. The normalized spacial score (nSPS) is 18.5. The third-order valence-corrected chi connectivity index (χ3v) is 4.14. The van der Waals surface area contributed by atoms with Gasteiger partial charge in [-0.1, -0.05) is 22.8 Å². The van der Waals surface area contributed by atoms with Gasteiger partial charge >= 0.3 is 16.1 Å². The predicted molar refractivity (Wildman–Crippen MR) is 96.5 cm³/mol. The van der Waals surface area contributed by atoms with Crippen LogP contribution in [0, 0.1) is 5.82 Å². The van der Waals surface area contributed by atoms with E-state index < -0.39 is 27.9 Å². The van der Waals surface area contributed by atoms with Crippen LogP contribution in [-0.2, 0) is 23.9 Å². The summed E-state index contributed by atoms with van der Waals surface area (Å²) in [6.45, 7) is 1.75. The van der Waals surface area contributed by atoms with Gasteiger partial charge < -0.3 is 14.8 Å². The van der Waals surface area contributed by atoms with Crippen LogP contribution in [0.1, 0.15) is 24.9 Å². The third-order valence-electron chi connectivity index (χ3n) is 3.50. The monoisotopic (exact) mass is 420 g/mol. The van der Waals surface area contributed by atoms with Crippen LogP contribution in [0.2, 0.25) is 5.02 Å². The van der Waals surface area contributed by atoms with E-state index in [1.165, 1.54) is 25.3 Å². The number of allylic oxidation sites excluding steroid dienone is 1. The molecule has 2 rings (SSSR count). The Bertz CT molecular complexity index is 900. The molecule has 0 saturated carbocycles. The van der Waals surface area contributed by atoms with Crippen LogP contribution >= 0.6 is 11.6 Å². The van der Waals surface area contributed by atoms with Crippen molar-refractivity contribution in [2.75, 3.05) is 20.0 Å². The summed E-state index contributed by atoms with van der Waals surface area (Å²) in [6, 6.07) is 2.12. The molecule has 0 bridgehead atoms. The Kier molecular flexibility index (Phi) is 6.66. The lowest BCUT2D eigenvalue weighted by molar-refractivity contribution is -0.139. The predicted octanol–water partition coefficient (Wildman–Crippen LogP) is 2.30. The van der Waals surface area contributed by atoms with Crippen LogP contribution in [0.4, 0.5) is 4.39 Å². The molecule has 0 amide bonds. The fourth-order valence-corrected chi connectivity index (χ4v) is 2.87. The molecule has 0 fully saturated rings. The molecule has 0 aliphatic carbocycles. The van der Waals surface area contributed by atoms with Gasteiger partial charge in [0.05, 0.1) is 36.7 Å². The zero-order chi connectivity index (χ0) is 20.2. The number of ether oxygens (including phenoxy) is 2. The lowest BCUT2D eigenvalue weighted by Crippen LogP contribution is -2.33. The topological polar surface area (TPSA) is 103 Å². The van der Waals surface area contributed by atoms with Crippen LogP contribution in [-0.4, -0.2) is 40.1 Å². The van der Waals surface area contributed by atoms with Crippen molar-refractivity contribution in [3.63, 3.8) is 0 Å². The smallest absolute Gasteiger partial charge is 0.354 e. The van der Waals surface area contributed by atoms with Gasteiger partial charge in [0.1, 0.15) is 5.70 Å². The number of halogens is 2. The number of rotatable bonds is 6. The molecule has 1 unspecified atom stereocenters. The molecule has 11 heteroatoms. The summed E-state index contributed by atoms with van der Waals surface area (Å²) in [5.74, 6) is -1.55. The van der Waals surface area contributed by atoms with Crippen LogP contribution in [0.5, 0.6) is 5.75 Å². The molecule has 1 aliphatic heterocycles. The van der Waals surface area contributed by atoms with Crippen molar-refractivity contribution in [2.45, 2.75) is 19.4 Å². The SMILES string of the molecule is CCOC(=O)C1=CC(=NOS(C)(=O)=O)CC(c2ccc(Cl)c(OC)c2F)N1. The lowest BCUT2D eigenvalue weighted by Gasteiger charge is -2.26. The highest BCUT2D eigenvalue weighted by molar-refractivity contribution is 7.85. The van der Waals surface area contributed by atoms with E-state index in [9.17, 15) is 17.6 Å². The minimum atomic E-state index is -3.84. The van der Waals surface area contributed by atoms with E-state index in [2.05, 4.69) is 14.8 Å². The standard InChI is InChI=1S/C16H18ClFN2O6S/c1-4-25-16(21)13-8-9(20-26-27(3,22)23)7-12(19-13)10-5-6-11(17)15(24-2)14(10)18/h5-6,8,12,19H,4,7H2,1-3H3. The summed E-state index contributed by atoms with van der Waals surface area (Å²) in [4.78, 5) is 12.1. The number of nitrogens with zero attached hydrogens (tertiary/aromatic N) is 1. The van der Waals surface area contributed by atoms with E-state index in [0.717, 1.165) is 6.26 Å². The van der Waals surface area contributed by atoms with Gasteiger partial charge in [-0.15, -0.1) is 0 Å². The number of hydrogen-bond donors (Lipinski definition) is 1. The number of carbonyl (C=O) groups is 1. The molecule has 0 saturated heterocycles. The van der Waals surface area contributed by atoms with Crippen LogP contribution in [0.25, 0.3) is 0 Å². The first-order valence-corrected chi connectivity index (χ1v) is 9.98. The fraction of sp³-hybridized carbons (Fsp3) is 0.375. The van der Waals surface area contributed by atoms with E-state index in [0.29, 0.717) is 0 Å². The van der Waals surface area contributed by atoms with Crippen LogP contribution in [0.15, 0.2) is 29.1 Å². The third kappa shape index (κ3) is 5.33. The lowest BCUT2D eigenvalue weighted by atomic mass is 9.96. The average molecular weight is 421 g/mol. The van der Waals surface area contributed by atoms with Gasteiger partial charge in [0.25, 0.3) is 0 Å². The second-order valence-corrected chi connectivity index (χ2v) is 7.49. The van der Waals surface area contributed by atoms with Gasteiger partial charge in [-0.25, -0.2) is 9.18 Å². The first-order chi connectivity index (χ1) is 12.7. The van der Waals surface area contributed by atoms with E-state index >= 15 is 0 Å². The summed E-state index contributed by atoms with van der Waals surface area (Å²) < 4.78 is 51.4. The van der Waals surface area contributed by atoms with E-state index in [4.69, 9.17) is 21.1 Å². The second-order valence-electron chi connectivity index (χ2n) is 5.52. The number of benzene rings is 1. The Morgan fingerprint density at radius 2 is 2.15 bits per heavy atom. The highest BCUT2D eigenvalue weighted by Crippen LogP contribution is 2.35. The zero-order valence-corrected chi connectivity index (χ0v) is 16.4. The number of hydrogen-bond acceptors (Lipinski definition) is 8. The van der Waals surface area contributed by atoms with Gasteiger partial charge in [-0.3, -0.25) is 4.28 Å². The van der Waals surface area contributed by atoms with E-state index in [-0.39, 0.29) is 40.8 Å². The summed E-state index contributed by atoms with van der Waals surface area (Å²) in [6.07, 6.45) is 2.15. The molecule has 1 heterocycles. The molecule has 0 radical (unpaired) electrons. The number of carbonyl (C=O) groups excluding carboxylic acids is 1. The van der Waals surface area contributed by atoms with Gasteiger partial charge in [0.15, 0.2) is 11.6 Å². The Labute approximate surface area is 161 Å². The summed E-state index contributed by atoms with van der Waals surface area (Å²) >= 11 is 5.91. The number of esters is 1. The van der Waals surface area contributed by atoms with Gasteiger partial charge in [-0.2, -0.15) is 8.42 Å².